The van der Waals surface area contributed by atoms with Gasteiger partial charge in [0.2, 0.25) is 0 Å². The van der Waals surface area contributed by atoms with Crippen LogP contribution in [0.5, 0.6) is 0 Å². The highest BCUT2D eigenvalue weighted by Gasteiger charge is 2.34. The van der Waals surface area contributed by atoms with Gasteiger partial charge in [-0.1, -0.05) is 18.2 Å². The molecular formula is C19H18F3NO3S. The Morgan fingerprint density at radius 1 is 1.04 bits per heavy atom. The third-order valence-corrected chi connectivity index (χ3v) is 6.43. The summed E-state index contributed by atoms with van der Waals surface area (Å²) in [7, 11) is -3.56. The normalized spacial score (nSPS) is 17.9. The molecule has 4 nitrogen and oxygen atoms in total. The summed E-state index contributed by atoms with van der Waals surface area (Å²) in [5, 5.41) is 0. The van der Waals surface area contributed by atoms with Crippen molar-refractivity contribution in [2.24, 2.45) is 0 Å². The van der Waals surface area contributed by atoms with Crippen LogP contribution in [0.3, 0.4) is 0 Å². The van der Waals surface area contributed by atoms with E-state index in [1.807, 2.05) is 0 Å². The van der Waals surface area contributed by atoms with Gasteiger partial charge in [-0.2, -0.15) is 13.2 Å². The summed E-state index contributed by atoms with van der Waals surface area (Å²) in [4.78, 5) is 14.3. The van der Waals surface area contributed by atoms with E-state index in [1.165, 1.54) is 17.0 Å². The summed E-state index contributed by atoms with van der Waals surface area (Å²) in [6, 6.07) is 11.5. The minimum Gasteiger partial charge on any atom is -0.335 e. The Kier molecular flexibility index (Phi) is 5.28. The molecule has 1 amide bonds. The Morgan fingerprint density at radius 3 is 2.26 bits per heavy atom. The number of likely N-dealkylation sites (tertiary alicyclic amines) is 1. The maximum Gasteiger partial charge on any atom is 0.416 e. The van der Waals surface area contributed by atoms with Gasteiger partial charge in [0.1, 0.15) is 0 Å². The molecule has 1 heterocycles. The molecule has 144 valence electrons. The molecule has 2 aromatic rings. The lowest BCUT2D eigenvalue weighted by molar-refractivity contribution is -0.137. The first-order valence-electron chi connectivity index (χ1n) is 8.44. The average molecular weight is 397 g/mol. The number of amides is 1. The SMILES string of the molecule is O=C(c1ccc(C(F)(F)F)cc1)N1CCC[C@@H]1CS(=O)(=O)c1ccccc1. The number of carbonyl (C=O) groups is 1. The van der Waals surface area contributed by atoms with Gasteiger partial charge in [-0.05, 0) is 49.2 Å². The van der Waals surface area contributed by atoms with E-state index < -0.39 is 33.5 Å². The third-order valence-electron chi connectivity index (χ3n) is 4.61. The van der Waals surface area contributed by atoms with Gasteiger partial charge in [0, 0.05) is 18.2 Å². The second kappa shape index (κ2) is 7.34. The summed E-state index contributed by atoms with van der Waals surface area (Å²) in [5.41, 5.74) is -0.712. The van der Waals surface area contributed by atoms with Crippen LogP contribution in [-0.4, -0.2) is 37.6 Å². The Bertz CT molecular complexity index is 909. The Hall–Kier alpha value is -2.35. The molecule has 0 unspecified atom stereocenters. The van der Waals surface area contributed by atoms with Gasteiger partial charge in [0.05, 0.1) is 16.2 Å². The lowest BCUT2D eigenvalue weighted by Crippen LogP contribution is -2.39. The predicted molar refractivity (Wildman–Crippen MR) is 94.0 cm³/mol. The predicted octanol–water partition coefficient (Wildman–Crippen LogP) is 3.78. The van der Waals surface area contributed by atoms with Gasteiger partial charge < -0.3 is 4.90 Å². The van der Waals surface area contributed by atoms with Gasteiger partial charge in [0.25, 0.3) is 5.91 Å². The number of benzene rings is 2. The summed E-state index contributed by atoms with van der Waals surface area (Å²) >= 11 is 0. The third kappa shape index (κ3) is 4.32. The van der Waals surface area contributed by atoms with Crippen LogP contribution in [0.25, 0.3) is 0 Å². The molecule has 0 aromatic heterocycles. The molecule has 1 saturated heterocycles. The summed E-state index contributed by atoms with van der Waals surface area (Å²) in [6.07, 6.45) is -3.28. The second-order valence-electron chi connectivity index (χ2n) is 6.46. The monoisotopic (exact) mass is 397 g/mol. The molecule has 3 rings (SSSR count). The molecule has 0 saturated carbocycles. The van der Waals surface area contributed by atoms with Crippen LogP contribution >= 0.6 is 0 Å². The molecule has 0 bridgehead atoms. The lowest BCUT2D eigenvalue weighted by atomic mass is 10.1. The van der Waals surface area contributed by atoms with E-state index in [4.69, 9.17) is 0 Å². The number of carbonyl (C=O) groups excluding carboxylic acids is 1. The fourth-order valence-corrected chi connectivity index (χ4v) is 4.84. The first-order valence-corrected chi connectivity index (χ1v) is 10.1. The maximum atomic E-state index is 12.7. The van der Waals surface area contributed by atoms with Gasteiger partial charge in [-0.25, -0.2) is 8.42 Å². The first kappa shape index (κ1) is 19.4. The topological polar surface area (TPSA) is 54.5 Å². The second-order valence-corrected chi connectivity index (χ2v) is 8.50. The average Bonchev–Trinajstić information content (AvgIpc) is 3.08. The van der Waals surface area contributed by atoms with Crippen LogP contribution in [0.1, 0.15) is 28.8 Å². The van der Waals surface area contributed by atoms with Crippen molar-refractivity contribution in [3.8, 4) is 0 Å². The van der Waals surface area contributed by atoms with Crippen molar-refractivity contribution >= 4 is 15.7 Å². The van der Waals surface area contributed by atoms with Crippen LogP contribution in [0.2, 0.25) is 0 Å². The molecule has 27 heavy (non-hydrogen) atoms. The maximum absolute atomic E-state index is 12.7. The number of hydrogen-bond donors (Lipinski definition) is 0. The van der Waals surface area contributed by atoms with Gasteiger partial charge in [-0.15, -0.1) is 0 Å². The number of hydrogen-bond acceptors (Lipinski definition) is 3. The molecule has 8 heteroatoms. The van der Waals surface area contributed by atoms with E-state index in [1.54, 1.807) is 18.2 Å². The van der Waals surface area contributed by atoms with Crippen molar-refractivity contribution in [1.29, 1.82) is 0 Å². The number of halogens is 3. The molecule has 0 radical (unpaired) electrons. The van der Waals surface area contributed by atoms with Gasteiger partial charge >= 0.3 is 6.18 Å². The Morgan fingerprint density at radius 2 is 1.67 bits per heavy atom. The van der Waals surface area contributed by atoms with Crippen molar-refractivity contribution < 1.29 is 26.4 Å². The largest absolute Gasteiger partial charge is 0.416 e. The van der Waals surface area contributed by atoms with Crippen molar-refractivity contribution in [2.45, 2.75) is 30.0 Å². The van der Waals surface area contributed by atoms with E-state index in [0.29, 0.717) is 19.4 Å². The Labute approximate surface area is 155 Å². The highest BCUT2D eigenvalue weighted by Crippen LogP contribution is 2.30. The minimum atomic E-state index is -4.47. The fraction of sp³-hybridized carbons (Fsp3) is 0.316. The molecule has 1 atom stereocenters. The molecule has 1 aliphatic heterocycles. The standard InChI is InChI=1S/C19H18F3NO3S/c20-19(21,22)15-10-8-14(9-11-15)18(24)23-12-4-5-16(23)13-27(25,26)17-6-2-1-3-7-17/h1-3,6-11,16H,4-5,12-13H2/t16-/m1/s1. The first-order chi connectivity index (χ1) is 12.7. The number of nitrogens with zero attached hydrogens (tertiary/aromatic N) is 1. The smallest absolute Gasteiger partial charge is 0.335 e. The molecule has 0 aliphatic carbocycles. The van der Waals surface area contributed by atoms with E-state index in [2.05, 4.69) is 0 Å². The van der Waals surface area contributed by atoms with Crippen molar-refractivity contribution in [3.63, 3.8) is 0 Å². The van der Waals surface area contributed by atoms with Crippen molar-refractivity contribution in [3.05, 3.63) is 65.7 Å². The summed E-state index contributed by atoms with van der Waals surface area (Å²) in [5.74, 6) is -0.655. The van der Waals surface area contributed by atoms with Crippen LogP contribution in [0, 0.1) is 0 Å². The zero-order valence-electron chi connectivity index (χ0n) is 14.3. The van der Waals surface area contributed by atoms with Crippen molar-refractivity contribution in [1.82, 2.24) is 4.90 Å². The van der Waals surface area contributed by atoms with Gasteiger partial charge in [0.15, 0.2) is 9.84 Å². The summed E-state index contributed by atoms with van der Waals surface area (Å²) in [6.45, 7) is 0.384. The van der Waals surface area contributed by atoms with E-state index in [9.17, 15) is 26.4 Å². The van der Waals surface area contributed by atoms with E-state index in [-0.39, 0.29) is 16.2 Å². The molecule has 1 aliphatic rings. The minimum absolute atomic E-state index is 0.118. The molecule has 1 fully saturated rings. The number of rotatable bonds is 4. The zero-order chi connectivity index (χ0) is 19.7. The fourth-order valence-electron chi connectivity index (χ4n) is 3.22. The highest BCUT2D eigenvalue weighted by atomic mass is 32.2. The molecule has 2 aromatic carbocycles. The van der Waals surface area contributed by atoms with Crippen molar-refractivity contribution in [2.75, 3.05) is 12.3 Å². The molecule has 0 N–H and O–H groups in total. The zero-order valence-corrected chi connectivity index (χ0v) is 15.1. The van der Waals surface area contributed by atoms with Gasteiger partial charge in [-0.3, -0.25) is 4.79 Å². The summed E-state index contributed by atoms with van der Waals surface area (Å²) < 4.78 is 63.2. The quantitative estimate of drug-likeness (QED) is 0.789. The van der Waals surface area contributed by atoms with Crippen LogP contribution in [0.4, 0.5) is 13.2 Å². The number of alkyl halides is 3. The number of sulfone groups is 1. The Balaban J connectivity index is 1.77. The lowest BCUT2D eigenvalue weighted by Gasteiger charge is -2.25. The highest BCUT2D eigenvalue weighted by molar-refractivity contribution is 7.91. The van der Waals surface area contributed by atoms with E-state index in [0.717, 1.165) is 24.3 Å². The van der Waals surface area contributed by atoms with Crippen LogP contribution in [0.15, 0.2) is 59.5 Å². The molecule has 0 spiro atoms. The van der Waals surface area contributed by atoms with E-state index >= 15 is 0 Å². The molecular weight excluding hydrogens is 379 g/mol. The van der Waals surface area contributed by atoms with Crippen LogP contribution < -0.4 is 0 Å². The van der Waals surface area contributed by atoms with Crippen LogP contribution in [-0.2, 0) is 16.0 Å².